The summed E-state index contributed by atoms with van der Waals surface area (Å²) in [6.07, 6.45) is 1.56. The Balaban J connectivity index is 1.87. The molecule has 0 aliphatic heterocycles. The zero-order chi connectivity index (χ0) is 22.7. The molecule has 0 aliphatic rings. The highest BCUT2D eigenvalue weighted by Gasteiger charge is 2.17. The van der Waals surface area contributed by atoms with Crippen LogP contribution in [0.2, 0.25) is 5.02 Å². The Morgan fingerprint density at radius 1 is 1.22 bits per heavy atom. The number of fused-ring (bicyclic) bond motifs is 1. The number of hydrogen-bond acceptors (Lipinski definition) is 6. The summed E-state index contributed by atoms with van der Waals surface area (Å²) >= 11 is 6.18. The van der Waals surface area contributed by atoms with Crippen LogP contribution < -0.4 is 15.6 Å². The summed E-state index contributed by atoms with van der Waals surface area (Å²) in [5.41, 5.74) is 3.06. The van der Waals surface area contributed by atoms with E-state index in [0.717, 1.165) is 0 Å². The Kier molecular flexibility index (Phi) is 6.20. The first-order chi connectivity index (χ1) is 15.5. The van der Waals surface area contributed by atoms with Crippen molar-refractivity contribution < 1.29 is 19.1 Å². The number of aliphatic hydroxyl groups is 1. The van der Waals surface area contributed by atoms with Crippen molar-refractivity contribution in [2.45, 2.75) is 13.5 Å². The Morgan fingerprint density at radius 2 is 2.00 bits per heavy atom. The lowest BCUT2D eigenvalue weighted by Crippen LogP contribution is -2.22. The van der Waals surface area contributed by atoms with E-state index in [0.29, 0.717) is 44.4 Å². The number of anilines is 1. The molecule has 0 aliphatic carbocycles. The molecule has 0 spiro atoms. The maximum atomic E-state index is 13.2. The molecule has 0 unspecified atom stereocenters. The third kappa shape index (κ3) is 4.34. The summed E-state index contributed by atoms with van der Waals surface area (Å²) < 4.78 is 11.2. The van der Waals surface area contributed by atoms with Crippen LogP contribution in [0.5, 0.6) is 5.75 Å². The molecule has 2 N–H and O–H groups in total. The smallest absolute Gasteiger partial charge is 0.261 e. The first-order valence-electron chi connectivity index (χ1n) is 9.78. The molecule has 0 saturated carbocycles. The minimum absolute atomic E-state index is 0.126. The maximum absolute atomic E-state index is 13.2. The van der Waals surface area contributed by atoms with Gasteiger partial charge in [-0.05, 0) is 43.3 Å². The van der Waals surface area contributed by atoms with E-state index < -0.39 is 5.91 Å². The molecule has 2 heterocycles. The summed E-state index contributed by atoms with van der Waals surface area (Å²) in [4.78, 5) is 22.0. The van der Waals surface area contributed by atoms with Crippen molar-refractivity contribution in [1.82, 2.24) is 4.98 Å². The molecule has 0 bridgehead atoms. The van der Waals surface area contributed by atoms with Crippen LogP contribution in [-0.4, -0.2) is 23.1 Å². The minimum atomic E-state index is -0.440. The van der Waals surface area contributed by atoms with E-state index in [2.05, 4.69) is 15.3 Å². The number of nitrogens with zero attached hydrogens (tertiary/aromatic N) is 2. The Bertz CT molecular complexity index is 1370. The summed E-state index contributed by atoms with van der Waals surface area (Å²) in [7, 11) is 1.52. The monoisotopic (exact) mass is 449 g/mol. The molecule has 0 atom stereocenters. The lowest BCUT2D eigenvalue weighted by atomic mass is 10.1. The van der Waals surface area contributed by atoms with E-state index in [1.165, 1.54) is 7.11 Å². The topological polar surface area (TPSA) is 97.0 Å². The predicted octanol–water partition coefficient (Wildman–Crippen LogP) is 4.78. The number of carbonyl (C=O) groups excluding carboxylic acids is 1. The number of hydrogen-bond donors (Lipinski definition) is 2. The van der Waals surface area contributed by atoms with Crippen LogP contribution in [-0.2, 0) is 6.61 Å². The van der Waals surface area contributed by atoms with E-state index in [1.807, 2.05) is 18.2 Å². The van der Waals surface area contributed by atoms with Crippen LogP contribution in [0.25, 0.3) is 11.0 Å². The number of ether oxygens (including phenoxy) is 1. The van der Waals surface area contributed by atoms with E-state index in [1.54, 1.807) is 49.5 Å². The average molecular weight is 450 g/mol. The van der Waals surface area contributed by atoms with Gasteiger partial charge in [-0.2, -0.15) is 0 Å². The van der Waals surface area contributed by atoms with Crippen LogP contribution in [0.4, 0.5) is 11.4 Å². The van der Waals surface area contributed by atoms with Gasteiger partial charge >= 0.3 is 0 Å². The van der Waals surface area contributed by atoms with E-state index in [-0.39, 0.29) is 17.7 Å². The van der Waals surface area contributed by atoms with Gasteiger partial charge in [0.05, 0.1) is 30.1 Å². The highest BCUT2D eigenvalue weighted by molar-refractivity contribution is 6.32. The van der Waals surface area contributed by atoms with E-state index in [9.17, 15) is 9.90 Å². The van der Waals surface area contributed by atoms with Crippen LogP contribution >= 0.6 is 11.6 Å². The van der Waals surface area contributed by atoms with Crippen molar-refractivity contribution in [3.8, 4) is 5.75 Å². The van der Waals surface area contributed by atoms with Crippen molar-refractivity contribution >= 4 is 39.9 Å². The van der Waals surface area contributed by atoms with E-state index in [4.69, 9.17) is 20.8 Å². The fraction of sp³-hybridized carbons (Fsp3) is 0.125. The zero-order valence-corrected chi connectivity index (χ0v) is 18.2. The predicted molar refractivity (Wildman–Crippen MR) is 122 cm³/mol. The Labute approximate surface area is 189 Å². The van der Waals surface area contributed by atoms with Gasteiger partial charge < -0.3 is 19.6 Å². The number of aliphatic hydroxyl groups excluding tert-OH is 1. The van der Waals surface area contributed by atoms with Gasteiger partial charge in [-0.15, -0.1) is 0 Å². The molecule has 162 valence electrons. The molecule has 2 aromatic heterocycles. The average Bonchev–Trinajstić information content (AvgIpc) is 2.80. The molecule has 0 saturated heterocycles. The lowest BCUT2D eigenvalue weighted by Gasteiger charge is -2.11. The van der Waals surface area contributed by atoms with Gasteiger partial charge in [-0.25, -0.2) is 4.99 Å². The molecular formula is C24H20ClN3O4. The number of carbonyl (C=O) groups is 1. The third-order valence-corrected chi connectivity index (χ3v) is 5.16. The van der Waals surface area contributed by atoms with Gasteiger partial charge in [0, 0.05) is 22.8 Å². The second-order valence-corrected chi connectivity index (χ2v) is 7.39. The highest BCUT2D eigenvalue weighted by atomic mass is 35.5. The van der Waals surface area contributed by atoms with Crippen molar-refractivity contribution in [2.24, 2.45) is 4.99 Å². The Hall–Kier alpha value is -3.68. The van der Waals surface area contributed by atoms with Crippen molar-refractivity contribution in [1.29, 1.82) is 0 Å². The summed E-state index contributed by atoms with van der Waals surface area (Å²) in [5.74, 6) is 0.0608. The standard InChI is InChI=1S/C24H20ClN3O4/c1-14-22-18(15(13-29)12-26-14)11-19(24(32-22)28-16-6-4-3-5-7-16)23(30)27-17-8-9-21(31-2)20(25)10-17/h3-12,29H,13H2,1-2H3,(H,27,30). The SMILES string of the molecule is COc1ccc(NC(=O)c2cc3c(CO)cnc(C)c3oc2=Nc2ccccc2)cc1Cl. The number of benzene rings is 2. The van der Waals surface area contributed by atoms with Crippen LogP contribution in [0.1, 0.15) is 21.6 Å². The minimum Gasteiger partial charge on any atom is -0.495 e. The van der Waals surface area contributed by atoms with Crippen LogP contribution in [0.3, 0.4) is 0 Å². The molecule has 4 rings (SSSR count). The van der Waals surface area contributed by atoms with Crippen LogP contribution in [0.15, 0.2) is 70.2 Å². The summed E-state index contributed by atoms with van der Waals surface area (Å²) in [6.45, 7) is 1.54. The number of para-hydroxylation sites is 1. The number of halogens is 1. The lowest BCUT2D eigenvalue weighted by molar-refractivity contribution is 0.102. The molecule has 0 fully saturated rings. The normalized spacial score (nSPS) is 11.6. The quantitative estimate of drug-likeness (QED) is 0.457. The zero-order valence-electron chi connectivity index (χ0n) is 17.4. The molecule has 7 nitrogen and oxygen atoms in total. The third-order valence-electron chi connectivity index (χ3n) is 4.86. The first kappa shape index (κ1) is 21.5. The summed E-state index contributed by atoms with van der Waals surface area (Å²) in [6, 6.07) is 15.8. The number of methoxy groups -OCH3 is 1. The highest BCUT2D eigenvalue weighted by Crippen LogP contribution is 2.28. The Morgan fingerprint density at radius 3 is 2.69 bits per heavy atom. The van der Waals surface area contributed by atoms with Gasteiger partial charge in [-0.3, -0.25) is 9.78 Å². The molecule has 0 radical (unpaired) electrons. The first-order valence-corrected chi connectivity index (χ1v) is 10.2. The number of aryl methyl sites for hydroxylation is 1. The number of rotatable bonds is 5. The van der Waals surface area contributed by atoms with Crippen molar-refractivity contribution in [3.05, 3.63) is 88.2 Å². The van der Waals surface area contributed by atoms with Gasteiger partial charge in [0.1, 0.15) is 11.3 Å². The van der Waals surface area contributed by atoms with Gasteiger partial charge in [-0.1, -0.05) is 29.8 Å². The van der Waals surface area contributed by atoms with Crippen molar-refractivity contribution in [3.63, 3.8) is 0 Å². The number of pyridine rings is 1. The second kappa shape index (κ2) is 9.21. The molecule has 8 heteroatoms. The van der Waals surface area contributed by atoms with Gasteiger partial charge in [0.2, 0.25) is 5.55 Å². The molecular weight excluding hydrogens is 430 g/mol. The number of aromatic nitrogens is 1. The van der Waals surface area contributed by atoms with Gasteiger partial charge in [0.25, 0.3) is 5.91 Å². The molecule has 2 aromatic carbocycles. The molecule has 4 aromatic rings. The molecule has 32 heavy (non-hydrogen) atoms. The molecule has 1 amide bonds. The largest absolute Gasteiger partial charge is 0.495 e. The van der Waals surface area contributed by atoms with Crippen LogP contribution in [0, 0.1) is 6.92 Å². The number of amides is 1. The second-order valence-electron chi connectivity index (χ2n) is 6.99. The van der Waals surface area contributed by atoms with Crippen molar-refractivity contribution in [2.75, 3.05) is 12.4 Å². The van der Waals surface area contributed by atoms with Gasteiger partial charge in [0.15, 0.2) is 5.58 Å². The number of nitrogens with one attached hydrogen (secondary N) is 1. The van der Waals surface area contributed by atoms with E-state index >= 15 is 0 Å². The fourth-order valence-electron chi connectivity index (χ4n) is 3.22. The maximum Gasteiger partial charge on any atom is 0.261 e. The fourth-order valence-corrected chi connectivity index (χ4v) is 3.48. The summed E-state index contributed by atoms with van der Waals surface area (Å²) in [5, 5.41) is 13.5.